The second-order valence-electron chi connectivity index (χ2n) is 2.73. The Morgan fingerprint density at radius 1 is 1.56 bits per heavy atom. The summed E-state index contributed by atoms with van der Waals surface area (Å²) >= 11 is 0. The van der Waals surface area contributed by atoms with Crippen LogP contribution in [0.5, 0.6) is 0 Å². The van der Waals surface area contributed by atoms with Gasteiger partial charge in [-0.3, -0.25) is 4.99 Å². The summed E-state index contributed by atoms with van der Waals surface area (Å²) < 4.78 is 0. The molecule has 0 bridgehead atoms. The molecule has 52 valence electrons. The van der Waals surface area contributed by atoms with Crippen molar-refractivity contribution in [2.24, 2.45) is 4.99 Å². The minimum atomic E-state index is 0.543. The predicted molar refractivity (Wildman–Crippen MR) is 39.8 cm³/mol. The van der Waals surface area contributed by atoms with Crippen molar-refractivity contribution < 1.29 is 0 Å². The van der Waals surface area contributed by atoms with E-state index in [0.717, 1.165) is 13.0 Å². The summed E-state index contributed by atoms with van der Waals surface area (Å²) in [5.74, 6) is 1.20. The lowest BCUT2D eigenvalue weighted by molar-refractivity contribution is 0.725. The molecule has 0 spiro atoms. The zero-order valence-electron chi connectivity index (χ0n) is 6.15. The standard InChI is InChI=1S/C7H14N2/c1-6(2)9-7-4-3-5-8-7/h6H,3-5H2,1-2H3,(H,8,9). The maximum absolute atomic E-state index is 4.28. The highest BCUT2D eigenvalue weighted by Gasteiger charge is 2.05. The molecule has 1 heterocycles. The van der Waals surface area contributed by atoms with Crippen LogP contribution in [0.4, 0.5) is 0 Å². The Morgan fingerprint density at radius 2 is 2.33 bits per heavy atom. The number of rotatable bonds is 1. The molecule has 0 fully saturated rings. The third-order valence-electron chi connectivity index (χ3n) is 1.33. The summed E-state index contributed by atoms with van der Waals surface area (Å²) in [5.41, 5.74) is 0. The molecule has 0 saturated heterocycles. The maximum Gasteiger partial charge on any atom is 0.0965 e. The van der Waals surface area contributed by atoms with Gasteiger partial charge in [-0.05, 0) is 20.3 Å². The second kappa shape index (κ2) is 2.85. The van der Waals surface area contributed by atoms with Gasteiger partial charge in [0.05, 0.1) is 5.84 Å². The van der Waals surface area contributed by atoms with E-state index in [1.54, 1.807) is 0 Å². The molecule has 0 aromatic heterocycles. The highest BCUT2D eigenvalue weighted by atomic mass is 15.0. The molecule has 0 atom stereocenters. The van der Waals surface area contributed by atoms with Crippen LogP contribution in [0.1, 0.15) is 26.7 Å². The summed E-state index contributed by atoms with van der Waals surface area (Å²) in [5, 5.41) is 3.29. The third-order valence-corrected chi connectivity index (χ3v) is 1.33. The van der Waals surface area contributed by atoms with Crippen molar-refractivity contribution >= 4 is 5.84 Å². The van der Waals surface area contributed by atoms with Gasteiger partial charge in [0.15, 0.2) is 0 Å². The Morgan fingerprint density at radius 3 is 2.78 bits per heavy atom. The largest absolute Gasteiger partial charge is 0.372 e. The average molecular weight is 126 g/mol. The lowest BCUT2D eigenvalue weighted by atomic mass is 10.3. The fourth-order valence-corrected chi connectivity index (χ4v) is 0.991. The molecule has 1 N–H and O–H groups in total. The molecule has 1 aliphatic rings. The molecule has 1 rings (SSSR count). The van der Waals surface area contributed by atoms with E-state index in [1.165, 1.54) is 12.3 Å². The Hall–Kier alpha value is -0.530. The summed E-state index contributed by atoms with van der Waals surface area (Å²) in [7, 11) is 0. The van der Waals surface area contributed by atoms with Crippen molar-refractivity contribution in [3.63, 3.8) is 0 Å². The van der Waals surface area contributed by atoms with Crippen LogP contribution >= 0.6 is 0 Å². The molecule has 0 unspecified atom stereocenters. The predicted octanol–water partition coefficient (Wildman–Crippen LogP) is 1.18. The molecule has 1 aliphatic heterocycles. The van der Waals surface area contributed by atoms with Gasteiger partial charge in [-0.2, -0.15) is 0 Å². The molecule has 0 saturated carbocycles. The van der Waals surface area contributed by atoms with Crippen LogP contribution in [-0.2, 0) is 0 Å². The lowest BCUT2D eigenvalue weighted by Crippen LogP contribution is -2.28. The van der Waals surface area contributed by atoms with Gasteiger partial charge in [-0.1, -0.05) is 0 Å². The van der Waals surface area contributed by atoms with Gasteiger partial charge in [0.2, 0.25) is 0 Å². The Labute approximate surface area is 56.4 Å². The van der Waals surface area contributed by atoms with Gasteiger partial charge in [0.25, 0.3) is 0 Å². The molecular weight excluding hydrogens is 112 g/mol. The minimum absolute atomic E-state index is 0.543. The van der Waals surface area contributed by atoms with Crippen LogP contribution in [0.2, 0.25) is 0 Å². The van der Waals surface area contributed by atoms with Crippen LogP contribution in [0.15, 0.2) is 4.99 Å². The number of nitrogens with one attached hydrogen (secondary N) is 1. The van der Waals surface area contributed by atoms with Crippen LogP contribution in [-0.4, -0.2) is 18.4 Å². The van der Waals surface area contributed by atoms with Crippen molar-refractivity contribution in [3.8, 4) is 0 Å². The number of amidine groups is 1. The Bertz CT molecular complexity index is 116. The van der Waals surface area contributed by atoms with Gasteiger partial charge in [-0.15, -0.1) is 0 Å². The molecule has 9 heavy (non-hydrogen) atoms. The van der Waals surface area contributed by atoms with E-state index in [2.05, 4.69) is 24.2 Å². The summed E-state index contributed by atoms with van der Waals surface area (Å²) in [6.07, 6.45) is 2.38. The highest BCUT2D eigenvalue weighted by molar-refractivity contribution is 5.83. The van der Waals surface area contributed by atoms with Crippen molar-refractivity contribution in [3.05, 3.63) is 0 Å². The molecular formula is C7H14N2. The molecule has 0 radical (unpaired) electrons. The third kappa shape index (κ3) is 2.04. The first kappa shape index (κ1) is 6.59. The number of hydrogen-bond donors (Lipinski definition) is 1. The van der Waals surface area contributed by atoms with Crippen molar-refractivity contribution in [1.29, 1.82) is 0 Å². The van der Waals surface area contributed by atoms with Crippen LogP contribution < -0.4 is 5.32 Å². The van der Waals surface area contributed by atoms with E-state index >= 15 is 0 Å². The zero-order valence-corrected chi connectivity index (χ0v) is 6.15. The smallest absolute Gasteiger partial charge is 0.0965 e. The summed E-state index contributed by atoms with van der Waals surface area (Å²) in [6, 6.07) is 0.543. The monoisotopic (exact) mass is 126 g/mol. The molecule has 0 amide bonds. The molecule has 0 aromatic carbocycles. The first-order valence-corrected chi connectivity index (χ1v) is 3.59. The van der Waals surface area contributed by atoms with E-state index in [-0.39, 0.29) is 0 Å². The van der Waals surface area contributed by atoms with Gasteiger partial charge in [-0.25, -0.2) is 0 Å². The normalized spacial score (nSPS) is 18.3. The topological polar surface area (TPSA) is 24.4 Å². The van der Waals surface area contributed by atoms with Gasteiger partial charge in [0.1, 0.15) is 0 Å². The van der Waals surface area contributed by atoms with E-state index in [0.29, 0.717) is 6.04 Å². The molecule has 2 nitrogen and oxygen atoms in total. The first-order valence-electron chi connectivity index (χ1n) is 3.59. The van der Waals surface area contributed by atoms with E-state index in [1.807, 2.05) is 0 Å². The molecule has 2 heteroatoms. The maximum atomic E-state index is 4.28. The molecule has 0 aromatic rings. The fourth-order valence-electron chi connectivity index (χ4n) is 0.991. The molecule has 0 aliphatic carbocycles. The van der Waals surface area contributed by atoms with Crippen molar-refractivity contribution in [1.82, 2.24) is 5.32 Å². The van der Waals surface area contributed by atoms with Crippen molar-refractivity contribution in [2.45, 2.75) is 32.7 Å². The van der Waals surface area contributed by atoms with Gasteiger partial charge in [0, 0.05) is 19.0 Å². The number of nitrogens with zero attached hydrogens (tertiary/aromatic N) is 1. The minimum Gasteiger partial charge on any atom is -0.372 e. The number of hydrogen-bond acceptors (Lipinski definition) is 2. The lowest BCUT2D eigenvalue weighted by Gasteiger charge is -2.07. The first-order chi connectivity index (χ1) is 4.29. The van der Waals surface area contributed by atoms with Crippen LogP contribution in [0.3, 0.4) is 0 Å². The van der Waals surface area contributed by atoms with Crippen molar-refractivity contribution in [2.75, 3.05) is 6.54 Å². The van der Waals surface area contributed by atoms with Gasteiger partial charge >= 0.3 is 0 Å². The van der Waals surface area contributed by atoms with E-state index in [4.69, 9.17) is 0 Å². The fraction of sp³-hybridized carbons (Fsp3) is 0.857. The van der Waals surface area contributed by atoms with E-state index < -0.39 is 0 Å². The summed E-state index contributed by atoms with van der Waals surface area (Å²) in [4.78, 5) is 4.28. The highest BCUT2D eigenvalue weighted by Crippen LogP contribution is 2.01. The Balaban J connectivity index is 2.26. The summed E-state index contributed by atoms with van der Waals surface area (Å²) in [6.45, 7) is 5.30. The van der Waals surface area contributed by atoms with Gasteiger partial charge < -0.3 is 5.32 Å². The number of aliphatic imine (C=N–C) groups is 1. The van der Waals surface area contributed by atoms with Crippen LogP contribution in [0, 0.1) is 0 Å². The van der Waals surface area contributed by atoms with Crippen LogP contribution in [0.25, 0.3) is 0 Å². The quantitative estimate of drug-likeness (QED) is 0.560. The average Bonchev–Trinajstić information content (AvgIpc) is 2.15. The second-order valence-corrected chi connectivity index (χ2v) is 2.73. The van der Waals surface area contributed by atoms with E-state index in [9.17, 15) is 0 Å². The SMILES string of the molecule is CC(C)NC1=NCCC1. The zero-order chi connectivity index (χ0) is 6.69. The Kier molecular flexibility index (Phi) is 2.09.